The highest BCUT2D eigenvalue weighted by atomic mass is 32.2. The average Bonchev–Trinajstić information content (AvgIpc) is 2.99. The number of nitrogens with zero attached hydrogens (tertiary/aromatic N) is 1. The first kappa shape index (κ1) is 22.5. The zero-order valence-electron chi connectivity index (χ0n) is 16.7. The Morgan fingerprint density at radius 2 is 1.97 bits per heavy atom. The van der Waals surface area contributed by atoms with E-state index in [2.05, 4.69) is 5.32 Å². The highest BCUT2D eigenvalue weighted by Crippen LogP contribution is 2.33. The predicted molar refractivity (Wildman–Crippen MR) is 124 cm³/mol. The number of ether oxygens (including phenoxy) is 1. The van der Waals surface area contributed by atoms with Crippen molar-refractivity contribution >= 4 is 57.8 Å². The molecule has 160 valence electrons. The molecule has 9 heteroatoms. The Bertz CT molecular complexity index is 1050. The molecule has 0 radical (unpaired) electrons. The van der Waals surface area contributed by atoms with Gasteiger partial charge in [0, 0.05) is 18.7 Å². The Labute approximate surface area is 189 Å². The van der Waals surface area contributed by atoms with Crippen molar-refractivity contribution in [3.05, 3.63) is 64.6 Å². The number of carbonyl (C=O) groups is 3. The summed E-state index contributed by atoms with van der Waals surface area (Å²) in [4.78, 5) is 38.4. The number of thioether (sulfide) groups is 1. The summed E-state index contributed by atoms with van der Waals surface area (Å²) in [5, 5.41) is 12.3. The van der Waals surface area contributed by atoms with Crippen molar-refractivity contribution in [3.63, 3.8) is 0 Å². The molecule has 1 fully saturated rings. The van der Waals surface area contributed by atoms with Gasteiger partial charge in [0.2, 0.25) is 5.91 Å². The van der Waals surface area contributed by atoms with Crippen LogP contribution in [-0.4, -0.2) is 45.3 Å². The van der Waals surface area contributed by atoms with E-state index in [0.717, 1.165) is 11.8 Å². The van der Waals surface area contributed by atoms with Gasteiger partial charge in [-0.25, -0.2) is 4.79 Å². The molecule has 1 heterocycles. The van der Waals surface area contributed by atoms with Gasteiger partial charge in [-0.2, -0.15) is 0 Å². The van der Waals surface area contributed by atoms with Crippen molar-refractivity contribution in [2.45, 2.75) is 13.3 Å². The van der Waals surface area contributed by atoms with E-state index in [1.807, 2.05) is 0 Å². The van der Waals surface area contributed by atoms with E-state index in [4.69, 9.17) is 17.0 Å². The normalized spacial score (nSPS) is 14.7. The third-order valence-corrected chi connectivity index (χ3v) is 5.66. The first-order valence-corrected chi connectivity index (χ1v) is 10.7. The van der Waals surface area contributed by atoms with Crippen LogP contribution in [0.2, 0.25) is 0 Å². The van der Waals surface area contributed by atoms with E-state index < -0.39 is 5.97 Å². The molecule has 0 aromatic heterocycles. The maximum atomic E-state index is 12.6. The minimum Gasteiger partial charge on any atom is -0.508 e. The van der Waals surface area contributed by atoms with Crippen molar-refractivity contribution in [3.8, 4) is 5.75 Å². The van der Waals surface area contributed by atoms with Gasteiger partial charge in [-0.05, 0) is 55.0 Å². The van der Waals surface area contributed by atoms with Crippen molar-refractivity contribution in [2.75, 3.05) is 18.5 Å². The molecular formula is C22H20N2O5S2. The summed E-state index contributed by atoms with van der Waals surface area (Å²) >= 11 is 6.44. The molecule has 2 aromatic rings. The lowest BCUT2D eigenvalue weighted by molar-refractivity contribution is -0.122. The van der Waals surface area contributed by atoms with Crippen LogP contribution in [0.1, 0.15) is 29.3 Å². The van der Waals surface area contributed by atoms with Crippen LogP contribution in [0.15, 0.2) is 53.4 Å². The average molecular weight is 457 g/mol. The summed E-state index contributed by atoms with van der Waals surface area (Å²) in [5.74, 6) is -0.871. The number of thiocarbonyl (C=S) groups is 1. The van der Waals surface area contributed by atoms with Crippen LogP contribution >= 0.6 is 24.0 Å². The molecule has 1 saturated heterocycles. The summed E-state index contributed by atoms with van der Waals surface area (Å²) < 4.78 is 5.30. The van der Waals surface area contributed by atoms with Crippen LogP contribution in [-0.2, 0) is 14.3 Å². The number of rotatable bonds is 7. The third-order valence-electron chi connectivity index (χ3n) is 4.28. The van der Waals surface area contributed by atoms with Crippen molar-refractivity contribution in [2.24, 2.45) is 0 Å². The van der Waals surface area contributed by atoms with Gasteiger partial charge in [0.25, 0.3) is 5.91 Å². The number of nitrogens with one attached hydrogen (secondary N) is 1. The van der Waals surface area contributed by atoms with Crippen molar-refractivity contribution in [1.82, 2.24) is 4.90 Å². The summed E-state index contributed by atoms with van der Waals surface area (Å²) in [5.41, 5.74) is 1.62. The number of carbonyl (C=O) groups excluding carboxylic acids is 3. The van der Waals surface area contributed by atoms with Crippen LogP contribution in [0.25, 0.3) is 6.08 Å². The van der Waals surface area contributed by atoms with Gasteiger partial charge in [-0.15, -0.1) is 0 Å². The number of hydrogen-bond donors (Lipinski definition) is 2. The maximum absolute atomic E-state index is 12.6. The van der Waals surface area contributed by atoms with E-state index in [1.54, 1.807) is 61.5 Å². The molecule has 0 aliphatic carbocycles. The van der Waals surface area contributed by atoms with Gasteiger partial charge < -0.3 is 15.2 Å². The number of phenols is 1. The fraction of sp³-hybridized carbons (Fsp3) is 0.182. The fourth-order valence-corrected chi connectivity index (χ4v) is 4.11. The predicted octanol–water partition coefficient (Wildman–Crippen LogP) is 3.80. The molecule has 2 aromatic carbocycles. The fourth-order valence-electron chi connectivity index (χ4n) is 2.80. The van der Waals surface area contributed by atoms with Crippen LogP contribution in [0.3, 0.4) is 0 Å². The lowest BCUT2D eigenvalue weighted by Crippen LogP contribution is -2.31. The zero-order chi connectivity index (χ0) is 22.4. The topological polar surface area (TPSA) is 95.9 Å². The number of phenolic OH excluding ortho intramolecular Hbond substituents is 1. The second-order valence-electron chi connectivity index (χ2n) is 6.52. The number of anilines is 1. The summed E-state index contributed by atoms with van der Waals surface area (Å²) in [6.45, 7) is 2.17. The Hall–Kier alpha value is -3.17. The first-order chi connectivity index (χ1) is 14.9. The monoisotopic (exact) mass is 456 g/mol. The molecular weight excluding hydrogens is 436 g/mol. The van der Waals surface area contributed by atoms with Gasteiger partial charge in [0.05, 0.1) is 17.1 Å². The number of benzene rings is 2. The minimum atomic E-state index is -0.423. The molecule has 1 aliphatic rings. The number of aromatic hydroxyl groups is 1. The van der Waals surface area contributed by atoms with E-state index in [9.17, 15) is 19.5 Å². The van der Waals surface area contributed by atoms with Gasteiger partial charge in [0.15, 0.2) is 0 Å². The van der Waals surface area contributed by atoms with Crippen LogP contribution < -0.4 is 5.32 Å². The standard InChI is InChI=1S/C22H20N2O5S2/c1-2-29-21(28)15-6-8-16(9-7-15)23-19(26)10-11-24-20(27)18(31-22(24)30)13-14-4-3-5-17(25)12-14/h3-9,12-13,25H,2,10-11H2,1H3,(H,23,26)/b18-13-. The quantitative estimate of drug-likeness (QED) is 0.372. The second kappa shape index (κ2) is 10.2. The molecule has 7 nitrogen and oxygen atoms in total. The molecule has 0 atom stereocenters. The molecule has 0 unspecified atom stereocenters. The highest BCUT2D eigenvalue weighted by molar-refractivity contribution is 8.26. The molecule has 0 saturated carbocycles. The van der Waals surface area contributed by atoms with E-state index in [1.165, 1.54) is 4.90 Å². The van der Waals surface area contributed by atoms with Crippen LogP contribution in [0.5, 0.6) is 5.75 Å². The maximum Gasteiger partial charge on any atom is 0.338 e. The first-order valence-electron chi connectivity index (χ1n) is 9.49. The molecule has 2 N–H and O–H groups in total. The smallest absolute Gasteiger partial charge is 0.338 e. The number of hydrogen-bond acceptors (Lipinski definition) is 7. The Balaban J connectivity index is 1.55. The van der Waals surface area contributed by atoms with E-state index in [-0.39, 0.29) is 37.1 Å². The SMILES string of the molecule is CCOC(=O)c1ccc(NC(=O)CCN2C(=O)/C(=C/c3cccc(O)c3)SC2=S)cc1. The van der Waals surface area contributed by atoms with E-state index >= 15 is 0 Å². The Kier molecular flexibility index (Phi) is 7.43. The summed E-state index contributed by atoms with van der Waals surface area (Å²) in [7, 11) is 0. The molecule has 3 rings (SSSR count). The lowest BCUT2D eigenvalue weighted by atomic mass is 10.2. The molecule has 0 bridgehead atoms. The van der Waals surface area contributed by atoms with Gasteiger partial charge >= 0.3 is 5.97 Å². The Morgan fingerprint density at radius 3 is 2.65 bits per heavy atom. The molecule has 31 heavy (non-hydrogen) atoms. The number of amides is 2. The van der Waals surface area contributed by atoms with Gasteiger partial charge in [-0.3, -0.25) is 14.5 Å². The Morgan fingerprint density at radius 1 is 1.23 bits per heavy atom. The largest absolute Gasteiger partial charge is 0.508 e. The minimum absolute atomic E-state index is 0.0610. The van der Waals surface area contributed by atoms with E-state index in [0.29, 0.717) is 26.0 Å². The van der Waals surface area contributed by atoms with Crippen LogP contribution in [0, 0.1) is 0 Å². The third kappa shape index (κ3) is 5.93. The zero-order valence-corrected chi connectivity index (χ0v) is 18.3. The molecule has 2 amide bonds. The molecule has 0 spiro atoms. The van der Waals surface area contributed by atoms with Crippen molar-refractivity contribution < 1.29 is 24.2 Å². The number of esters is 1. The molecule has 1 aliphatic heterocycles. The van der Waals surface area contributed by atoms with Gasteiger partial charge in [0.1, 0.15) is 10.1 Å². The summed E-state index contributed by atoms with van der Waals surface area (Å²) in [6, 6.07) is 12.9. The second-order valence-corrected chi connectivity index (χ2v) is 8.20. The lowest BCUT2D eigenvalue weighted by Gasteiger charge is -2.14. The summed E-state index contributed by atoms with van der Waals surface area (Å²) in [6.07, 6.45) is 1.72. The van der Waals surface area contributed by atoms with Crippen molar-refractivity contribution in [1.29, 1.82) is 0 Å². The van der Waals surface area contributed by atoms with Gasteiger partial charge in [-0.1, -0.05) is 36.1 Å². The van der Waals surface area contributed by atoms with Crippen LogP contribution in [0.4, 0.5) is 5.69 Å². The highest BCUT2D eigenvalue weighted by Gasteiger charge is 2.32.